The molecule has 0 saturated heterocycles. The van der Waals surface area contributed by atoms with Crippen LogP contribution >= 0.6 is 0 Å². The number of alkyl halides is 3. The Hall–Kier alpha value is -3.03. The maximum Gasteiger partial charge on any atom is 0.573 e. The minimum absolute atomic E-state index is 0.139. The molecular formula is C16H12F3NO4. The zero-order valence-electron chi connectivity index (χ0n) is 12.2. The molecule has 8 heteroatoms. The van der Waals surface area contributed by atoms with Crippen LogP contribution in [0.3, 0.4) is 0 Å². The first-order chi connectivity index (χ1) is 11.3. The van der Waals surface area contributed by atoms with Crippen LogP contribution in [0, 0.1) is 0 Å². The van der Waals surface area contributed by atoms with E-state index >= 15 is 0 Å². The molecule has 0 saturated carbocycles. The van der Waals surface area contributed by atoms with E-state index in [0.29, 0.717) is 0 Å². The molecule has 0 unspecified atom stereocenters. The topological polar surface area (TPSA) is 66.8 Å². The summed E-state index contributed by atoms with van der Waals surface area (Å²) in [7, 11) is 0. The van der Waals surface area contributed by atoms with Gasteiger partial charge >= 0.3 is 12.3 Å². The Kier molecular flexibility index (Phi) is 5.08. The quantitative estimate of drug-likeness (QED) is 0.907. The number of hydrogen-bond acceptors (Lipinski definition) is 3. The van der Waals surface area contributed by atoms with Crippen molar-refractivity contribution in [1.29, 1.82) is 0 Å². The van der Waals surface area contributed by atoms with Crippen molar-refractivity contribution in [3.8, 4) is 5.75 Å². The van der Waals surface area contributed by atoms with Crippen molar-refractivity contribution in [2.75, 3.05) is 11.4 Å². The Morgan fingerprint density at radius 2 is 1.58 bits per heavy atom. The standard InChI is InChI=1S/C16H12F3NO4/c17-16(18,19)24-13-9-5-4-8-12(13)20(10-14(21)22)15(23)11-6-2-1-3-7-11/h1-9H,10H2,(H,21,22). The van der Waals surface area contributed by atoms with Crippen LogP contribution in [-0.2, 0) is 4.79 Å². The van der Waals surface area contributed by atoms with Crippen molar-refractivity contribution in [2.45, 2.75) is 6.36 Å². The molecule has 24 heavy (non-hydrogen) atoms. The van der Waals surface area contributed by atoms with Gasteiger partial charge in [-0.2, -0.15) is 0 Å². The molecule has 2 rings (SSSR count). The van der Waals surface area contributed by atoms with Gasteiger partial charge in [0.15, 0.2) is 5.75 Å². The fraction of sp³-hybridized carbons (Fsp3) is 0.125. The van der Waals surface area contributed by atoms with E-state index in [-0.39, 0.29) is 11.3 Å². The third kappa shape index (κ3) is 4.48. The van der Waals surface area contributed by atoms with Gasteiger partial charge in [0.25, 0.3) is 5.91 Å². The average Bonchev–Trinajstić information content (AvgIpc) is 2.52. The number of amides is 1. The SMILES string of the molecule is O=C(O)CN(C(=O)c1ccccc1)c1ccccc1OC(F)(F)F. The van der Waals surface area contributed by atoms with Crippen molar-refractivity contribution in [1.82, 2.24) is 0 Å². The second kappa shape index (κ2) is 7.03. The van der Waals surface area contributed by atoms with Gasteiger partial charge in [0.05, 0.1) is 5.69 Å². The number of benzene rings is 2. The molecule has 5 nitrogen and oxygen atoms in total. The van der Waals surface area contributed by atoms with Gasteiger partial charge in [0, 0.05) is 5.56 Å². The number of anilines is 1. The number of carboxylic acid groups (broad SMARTS) is 1. The summed E-state index contributed by atoms with van der Waals surface area (Å²) in [6.07, 6.45) is -4.97. The van der Waals surface area contributed by atoms with Gasteiger partial charge < -0.3 is 9.84 Å². The number of nitrogens with zero attached hydrogens (tertiary/aromatic N) is 1. The van der Waals surface area contributed by atoms with Crippen LogP contribution in [-0.4, -0.2) is 29.9 Å². The summed E-state index contributed by atoms with van der Waals surface area (Å²) in [4.78, 5) is 24.3. The van der Waals surface area contributed by atoms with Gasteiger partial charge in [0.2, 0.25) is 0 Å². The number of carboxylic acids is 1. The number of hydrogen-bond donors (Lipinski definition) is 1. The van der Waals surface area contributed by atoms with E-state index in [9.17, 15) is 22.8 Å². The summed E-state index contributed by atoms with van der Waals surface area (Å²) < 4.78 is 41.5. The van der Waals surface area contributed by atoms with Crippen LogP contribution in [0.5, 0.6) is 5.75 Å². The molecule has 1 N–H and O–H groups in total. The molecule has 0 aliphatic rings. The van der Waals surface area contributed by atoms with Gasteiger partial charge in [-0.05, 0) is 24.3 Å². The molecular weight excluding hydrogens is 327 g/mol. The molecule has 0 fully saturated rings. The van der Waals surface area contributed by atoms with Crippen molar-refractivity contribution in [3.05, 3.63) is 60.2 Å². The molecule has 0 aliphatic heterocycles. The van der Waals surface area contributed by atoms with Crippen LogP contribution < -0.4 is 9.64 Å². The van der Waals surface area contributed by atoms with Crippen LogP contribution in [0.4, 0.5) is 18.9 Å². The average molecular weight is 339 g/mol. The zero-order chi connectivity index (χ0) is 17.7. The molecule has 0 atom stereocenters. The van der Waals surface area contributed by atoms with Gasteiger partial charge in [-0.15, -0.1) is 13.2 Å². The highest BCUT2D eigenvalue weighted by Crippen LogP contribution is 2.33. The lowest BCUT2D eigenvalue weighted by molar-refractivity contribution is -0.274. The predicted octanol–water partition coefficient (Wildman–Crippen LogP) is 3.32. The molecule has 0 spiro atoms. The van der Waals surface area contributed by atoms with E-state index in [4.69, 9.17) is 5.11 Å². The summed E-state index contributed by atoms with van der Waals surface area (Å²) >= 11 is 0. The molecule has 0 heterocycles. The van der Waals surface area contributed by atoms with E-state index < -0.39 is 30.5 Å². The molecule has 2 aromatic carbocycles. The summed E-state index contributed by atoms with van der Waals surface area (Å²) in [6.45, 7) is -0.814. The summed E-state index contributed by atoms with van der Waals surface area (Å²) in [5, 5.41) is 9.01. The molecule has 0 aliphatic carbocycles. The Morgan fingerprint density at radius 1 is 1.00 bits per heavy atom. The van der Waals surface area contributed by atoms with E-state index in [1.54, 1.807) is 18.2 Å². The largest absolute Gasteiger partial charge is 0.573 e. The Labute approximate surface area is 134 Å². The number of para-hydroxylation sites is 2. The van der Waals surface area contributed by atoms with E-state index in [1.165, 1.54) is 30.3 Å². The number of halogens is 3. The Balaban J connectivity index is 2.46. The molecule has 0 bridgehead atoms. The third-order valence-electron chi connectivity index (χ3n) is 2.94. The molecule has 126 valence electrons. The van der Waals surface area contributed by atoms with Crippen molar-refractivity contribution in [2.24, 2.45) is 0 Å². The lowest BCUT2D eigenvalue weighted by Crippen LogP contribution is -2.36. The second-order valence-electron chi connectivity index (χ2n) is 4.67. The molecule has 1 amide bonds. The smallest absolute Gasteiger partial charge is 0.480 e. The first kappa shape index (κ1) is 17.3. The van der Waals surface area contributed by atoms with E-state index in [2.05, 4.69) is 4.74 Å². The summed E-state index contributed by atoms with van der Waals surface area (Å²) in [5.74, 6) is -2.78. The summed E-state index contributed by atoms with van der Waals surface area (Å²) in [6, 6.07) is 12.5. The Bertz CT molecular complexity index is 732. The highest BCUT2D eigenvalue weighted by atomic mass is 19.4. The summed E-state index contributed by atoms with van der Waals surface area (Å²) in [5.41, 5.74) is -0.147. The monoisotopic (exact) mass is 339 g/mol. The van der Waals surface area contributed by atoms with Crippen molar-refractivity contribution >= 4 is 17.6 Å². The first-order valence-corrected chi connectivity index (χ1v) is 6.71. The molecule has 0 aromatic heterocycles. The fourth-order valence-electron chi connectivity index (χ4n) is 2.03. The Morgan fingerprint density at radius 3 is 2.17 bits per heavy atom. The lowest BCUT2D eigenvalue weighted by atomic mass is 10.1. The van der Waals surface area contributed by atoms with Gasteiger partial charge in [-0.3, -0.25) is 14.5 Å². The van der Waals surface area contributed by atoms with Gasteiger partial charge in [-0.25, -0.2) is 0 Å². The van der Waals surface area contributed by atoms with Gasteiger partial charge in [0.1, 0.15) is 6.54 Å². The maximum atomic E-state index is 12.5. The minimum Gasteiger partial charge on any atom is -0.480 e. The number of carbonyl (C=O) groups is 2. The third-order valence-corrected chi connectivity index (χ3v) is 2.94. The second-order valence-corrected chi connectivity index (χ2v) is 4.67. The maximum absolute atomic E-state index is 12.5. The van der Waals surface area contributed by atoms with Crippen LogP contribution in [0.25, 0.3) is 0 Å². The van der Waals surface area contributed by atoms with E-state index in [1.807, 2.05) is 0 Å². The van der Waals surface area contributed by atoms with Gasteiger partial charge in [-0.1, -0.05) is 30.3 Å². The number of carbonyl (C=O) groups excluding carboxylic acids is 1. The molecule has 2 aromatic rings. The lowest BCUT2D eigenvalue weighted by Gasteiger charge is -2.24. The highest BCUT2D eigenvalue weighted by molar-refractivity contribution is 6.08. The number of ether oxygens (including phenoxy) is 1. The van der Waals surface area contributed by atoms with Crippen LogP contribution in [0.2, 0.25) is 0 Å². The highest BCUT2D eigenvalue weighted by Gasteiger charge is 2.33. The first-order valence-electron chi connectivity index (χ1n) is 6.71. The normalized spacial score (nSPS) is 11.0. The van der Waals surface area contributed by atoms with Crippen molar-refractivity contribution < 1.29 is 32.6 Å². The zero-order valence-corrected chi connectivity index (χ0v) is 12.2. The van der Waals surface area contributed by atoms with Crippen molar-refractivity contribution in [3.63, 3.8) is 0 Å². The minimum atomic E-state index is -4.97. The predicted molar refractivity (Wildman–Crippen MR) is 78.9 cm³/mol. The molecule has 0 radical (unpaired) electrons. The number of aliphatic carboxylic acids is 1. The van der Waals surface area contributed by atoms with Crippen LogP contribution in [0.15, 0.2) is 54.6 Å². The number of rotatable bonds is 5. The fourth-order valence-corrected chi connectivity index (χ4v) is 2.03. The van der Waals surface area contributed by atoms with Crippen LogP contribution in [0.1, 0.15) is 10.4 Å². The van der Waals surface area contributed by atoms with E-state index in [0.717, 1.165) is 11.0 Å².